The van der Waals surface area contributed by atoms with Gasteiger partial charge in [0.2, 0.25) is 17.8 Å². The van der Waals surface area contributed by atoms with Crippen LogP contribution in [0.3, 0.4) is 0 Å². The maximum Gasteiger partial charge on any atom is 0.226 e. The fourth-order valence-electron chi connectivity index (χ4n) is 2.76. The summed E-state index contributed by atoms with van der Waals surface area (Å²) in [4.78, 5) is 27.8. The second kappa shape index (κ2) is 7.46. The zero-order valence-corrected chi connectivity index (χ0v) is 14.6. The lowest BCUT2D eigenvalue weighted by atomic mass is 10.1. The summed E-state index contributed by atoms with van der Waals surface area (Å²) in [6.07, 6.45) is 7.48. The molecule has 0 radical (unpaired) electrons. The molecule has 0 aromatic carbocycles. The van der Waals surface area contributed by atoms with Gasteiger partial charge in [0.25, 0.3) is 0 Å². The van der Waals surface area contributed by atoms with Crippen LogP contribution >= 0.6 is 0 Å². The fourth-order valence-corrected chi connectivity index (χ4v) is 2.76. The molecule has 10 nitrogen and oxygen atoms in total. The molecule has 1 aliphatic heterocycles. The summed E-state index contributed by atoms with van der Waals surface area (Å²) in [5.41, 5.74) is 14.1. The Morgan fingerprint density at radius 1 is 0.778 bits per heavy atom. The largest absolute Gasteiger partial charge is 0.380 e. The number of hydrogen-bond donors (Lipinski definition) is 2. The normalized spacial score (nSPS) is 14.7. The van der Waals surface area contributed by atoms with Crippen LogP contribution in [0, 0.1) is 0 Å². The van der Waals surface area contributed by atoms with E-state index in [1.54, 1.807) is 24.8 Å². The lowest BCUT2D eigenvalue weighted by molar-refractivity contribution is 0.152. The van der Waals surface area contributed by atoms with Crippen LogP contribution in [-0.2, 0) is 4.74 Å². The Balaban J connectivity index is 1.80. The average molecular weight is 365 g/mol. The summed E-state index contributed by atoms with van der Waals surface area (Å²) < 4.78 is 5.54. The maximum atomic E-state index is 5.60. The molecule has 0 saturated carbocycles. The van der Waals surface area contributed by atoms with Gasteiger partial charge in [-0.05, 0) is 12.5 Å². The van der Waals surface area contributed by atoms with E-state index in [9.17, 15) is 0 Å². The minimum atomic E-state index is 0.213. The molecule has 1 saturated heterocycles. The summed E-state index contributed by atoms with van der Waals surface area (Å²) in [5.74, 6) is 1.04. The maximum absolute atomic E-state index is 5.60. The fraction of sp³-hybridized carbons (Fsp3) is 0.294. The number of nitrogen functional groups attached to an aromatic ring is 2. The Hall–Kier alpha value is -3.40. The molecule has 3 aromatic heterocycles. The van der Waals surface area contributed by atoms with Crippen molar-refractivity contribution < 1.29 is 4.74 Å². The SMILES string of the molecule is Nc1ncc(-c2cc(-c3cnc(N)nc3)nc(N3CCCOCC3)n2)cn1. The van der Waals surface area contributed by atoms with Gasteiger partial charge in [0.05, 0.1) is 18.0 Å². The monoisotopic (exact) mass is 365 g/mol. The first-order valence-electron chi connectivity index (χ1n) is 8.56. The van der Waals surface area contributed by atoms with Crippen molar-refractivity contribution in [1.82, 2.24) is 29.9 Å². The van der Waals surface area contributed by atoms with Gasteiger partial charge in [0, 0.05) is 55.6 Å². The predicted molar refractivity (Wildman–Crippen MR) is 101 cm³/mol. The van der Waals surface area contributed by atoms with Crippen molar-refractivity contribution in [1.29, 1.82) is 0 Å². The Morgan fingerprint density at radius 2 is 1.33 bits per heavy atom. The van der Waals surface area contributed by atoms with Crippen LogP contribution in [0.1, 0.15) is 6.42 Å². The van der Waals surface area contributed by atoms with Crippen LogP contribution in [0.15, 0.2) is 30.9 Å². The Morgan fingerprint density at radius 3 is 1.89 bits per heavy atom. The summed E-state index contributed by atoms with van der Waals surface area (Å²) in [6, 6.07) is 1.85. The van der Waals surface area contributed by atoms with E-state index in [2.05, 4.69) is 24.8 Å². The molecule has 4 heterocycles. The highest BCUT2D eigenvalue weighted by Crippen LogP contribution is 2.26. The minimum absolute atomic E-state index is 0.213. The Labute approximate surface area is 155 Å². The molecule has 0 aliphatic carbocycles. The van der Waals surface area contributed by atoms with Crippen LogP contribution in [-0.4, -0.2) is 56.2 Å². The van der Waals surface area contributed by atoms with Gasteiger partial charge in [-0.3, -0.25) is 0 Å². The third kappa shape index (κ3) is 3.90. The summed E-state index contributed by atoms with van der Waals surface area (Å²) >= 11 is 0. The van der Waals surface area contributed by atoms with Crippen LogP contribution in [0.2, 0.25) is 0 Å². The first-order valence-corrected chi connectivity index (χ1v) is 8.56. The van der Waals surface area contributed by atoms with Gasteiger partial charge in [-0.1, -0.05) is 0 Å². The lowest BCUT2D eigenvalue weighted by Crippen LogP contribution is -2.28. The lowest BCUT2D eigenvalue weighted by Gasteiger charge is -2.21. The highest BCUT2D eigenvalue weighted by Gasteiger charge is 2.17. The van der Waals surface area contributed by atoms with Crippen LogP contribution < -0.4 is 16.4 Å². The molecule has 4 rings (SSSR count). The molecule has 10 heteroatoms. The number of rotatable bonds is 3. The topological polar surface area (TPSA) is 142 Å². The Bertz CT molecular complexity index is 843. The molecule has 1 fully saturated rings. The summed E-state index contributed by atoms with van der Waals surface area (Å²) in [6.45, 7) is 2.91. The van der Waals surface area contributed by atoms with Gasteiger partial charge in [0.1, 0.15) is 0 Å². The van der Waals surface area contributed by atoms with E-state index in [-0.39, 0.29) is 11.9 Å². The van der Waals surface area contributed by atoms with Crippen LogP contribution in [0.25, 0.3) is 22.5 Å². The molecule has 0 amide bonds. The van der Waals surface area contributed by atoms with E-state index in [1.807, 2.05) is 6.07 Å². The second-order valence-corrected chi connectivity index (χ2v) is 6.05. The van der Waals surface area contributed by atoms with Crippen LogP contribution in [0.4, 0.5) is 17.8 Å². The zero-order valence-electron chi connectivity index (χ0n) is 14.6. The predicted octanol–water partition coefficient (Wildman–Crippen LogP) is 0.782. The third-order valence-electron chi connectivity index (χ3n) is 4.15. The van der Waals surface area contributed by atoms with Crippen molar-refractivity contribution >= 4 is 17.8 Å². The first-order chi connectivity index (χ1) is 13.2. The van der Waals surface area contributed by atoms with E-state index < -0.39 is 0 Å². The second-order valence-electron chi connectivity index (χ2n) is 6.05. The molecule has 0 spiro atoms. The minimum Gasteiger partial charge on any atom is -0.380 e. The number of aromatic nitrogens is 6. The van der Waals surface area contributed by atoms with Gasteiger partial charge < -0.3 is 21.1 Å². The molecule has 3 aromatic rings. The van der Waals surface area contributed by atoms with Crippen molar-refractivity contribution in [3.05, 3.63) is 30.9 Å². The van der Waals surface area contributed by atoms with E-state index in [4.69, 9.17) is 26.2 Å². The third-order valence-corrected chi connectivity index (χ3v) is 4.15. The van der Waals surface area contributed by atoms with Gasteiger partial charge in [-0.15, -0.1) is 0 Å². The molecule has 4 N–H and O–H groups in total. The number of nitrogens with zero attached hydrogens (tertiary/aromatic N) is 7. The van der Waals surface area contributed by atoms with E-state index in [1.165, 1.54) is 0 Å². The summed E-state index contributed by atoms with van der Waals surface area (Å²) in [5, 5.41) is 0. The highest BCUT2D eigenvalue weighted by atomic mass is 16.5. The molecule has 0 atom stereocenters. The molecule has 27 heavy (non-hydrogen) atoms. The quantitative estimate of drug-likeness (QED) is 0.683. The van der Waals surface area contributed by atoms with Gasteiger partial charge >= 0.3 is 0 Å². The summed E-state index contributed by atoms with van der Waals surface area (Å²) in [7, 11) is 0. The molecule has 1 aliphatic rings. The molecule has 0 unspecified atom stereocenters. The van der Waals surface area contributed by atoms with Gasteiger partial charge in [-0.2, -0.15) is 0 Å². The van der Waals surface area contributed by atoms with Crippen molar-refractivity contribution in [2.45, 2.75) is 6.42 Å². The number of ether oxygens (including phenoxy) is 1. The van der Waals surface area contributed by atoms with E-state index in [0.717, 1.165) is 37.2 Å². The number of hydrogen-bond acceptors (Lipinski definition) is 10. The number of anilines is 3. The smallest absolute Gasteiger partial charge is 0.226 e. The van der Waals surface area contributed by atoms with Crippen molar-refractivity contribution in [3.63, 3.8) is 0 Å². The number of nitrogens with two attached hydrogens (primary N) is 2. The van der Waals surface area contributed by atoms with Gasteiger partial charge in [0.15, 0.2) is 0 Å². The van der Waals surface area contributed by atoms with E-state index >= 15 is 0 Å². The average Bonchev–Trinajstić information content (AvgIpc) is 2.98. The molecule has 0 bridgehead atoms. The molecular formula is C17H19N9O. The first kappa shape index (κ1) is 17.0. The molecule has 138 valence electrons. The van der Waals surface area contributed by atoms with E-state index in [0.29, 0.717) is 23.9 Å². The van der Waals surface area contributed by atoms with Gasteiger partial charge in [-0.25, -0.2) is 29.9 Å². The zero-order chi connectivity index (χ0) is 18.6. The van der Waals surface area contributed by atoms with Crippen LogP contribution in [0.5, 0.6) is 0 Å². The standard InChI is InChI=1S/C17H19N9O/c18-15-20-7-11(8-21-15)13-6-14(12-9-22-16(19)23-10-12)25-17(24-13)26-2-1-4-27-5-3-26/h6-10H,1-5H2,(H2,18,20,21)(H2,19,22,23). The highest BCUT2D eigenvalue weighted by molar-refractivity contribution is 5.68. The van der Waals surface area contributed by atoms with Crippen molar-refractivity contribution in [2.24, 2.45) is 0 Å². The Kier molecular flexibility index (Phi) is 4.71. The van der Waals surface area contributed by atoms with Crippen molar-refractivity contribution in [2.75, 3.05) is 42.7 Å². The molecular weight excluding hydrogens is 346 g/mol. The van der Waals surface area contributed by atoms with Crippen molar-refractivity contribution in [3.8, 4) is 22.5 Å².